The molecule has 0 bridgehead atoms. The molecule has 2 aromatic rings. The van der Waals surface area contributed by atoms with Gasteiger partial charge in [-0.1, -0.05) is 12.1 Å². The number of benzene rings is 1. The maximum Gasteiger partial charge on any atom is 0.254 e. The molecule has 2 atom stereocenters. The smallest absolute Gasteiger partial charge is 0.254 e. The number of nitrogens with one attached hydrogen (secondary N) is 1. The van der Waals surface area contributed by atoms with E-state index in [1.807, 2.05) is 0 Å². The van der Waals surface area contributed by atoms with Crippen molar-refractivity contribution < 1.29 is 14.0 Å². The third-order valence-corrected chi connectivity index (χ3v) is 4.51. The van der Waals surface area contributed by atoms with Gasteiger partial charge in [0, 0.05) is 24.7 Å². The molecule has 1 aromatic carbocycles. The van der Waals surface area contributed by atoms with Crippen molar-refractivity contribution in [2.24, 2.45) is 11.7 Å². The summed E-state index contributed by atoms with van der Waals surface area (Å²) in [6.07, 6.45) is 2.55. The first-order valence-electron chi connectivity index (χ1n) is 8.24. The first-order valence-corrected chi connectivity index (χ1v) is 8.24. The number of alkyl halides is 1. The molecule has 1 fully saturated rings. The Hall–Kier alpha value is -3.21. The van der Waals surface area contributed by atoms with Gasteiger partial charge in [-0.2, -0.15) is 10.4 Å². The third-order valence-electron chi connectivity index (χ3n) is 4.51. The number of ketones is 1. The third kappa shape index (κ3) is 3.57. The topological polar surface area (TPSA) is 114 Å². The van der Waals surface area contributed by atoms with E-state index in [9.17, 15) is 19.2 Å². The molecule has 3 N–H and O–H groups in total. The molecular formula is C18H18FN5O2. The number of amides is 1. The summed E-state index contributed by atoms with van der Waals surface area (Å²) < 4.78 is 14.2. The summed E-state index contributed by atoms with van der Waals surface area (Å²) in [5, 5.41) is 16.7. The molecule has 1 aromatic heterocycles. The largest absolute Gasteiger partial charge is 0.365 e. The molecule has 0 unspecified atom stereocenters. The minimum atomic E-state index is -0.653. The number of nitrogens with zero attached hydrogens (tertiary/aromatic N) is 3. The fourth-order valence-electron chi connectivity index (χ4n) is 3.09. The average molecular weight is 355 g/mol. The summed E-state index contributed by atoms with van der Waals surface area (Å²) in [6, 6.07) is 8.46. The van der Waals surface area contributed by atoms with Crippen LogP contribution in [0.4, 0.5) is 15.9 Å². The zero-order valence-corrected chi connectivity index (χ0v) is 14.0. The molecular weight excluding hydrogens is 337 g/mol. The van der Waals surface area contributed by atoms with E-state index in [1.54, 1.807) is 28.9 Å². The monoisotopic (exact) mass is 355 g/mol. The second-order valence-corrected chi connectivity index (χ2v) is 6.28. The summed E-state index contributed by atoms with van der Waals surface area (Å²) in [7, 11) is 0. The van der Waals surface area contributed by atoms with Crippen LogP contribution in [0.5, 0.6) is 0 Å². The molecule has 1 heterocycles. The number of aromatic nitrogens is 2. The van der Waals surface area contributed by atoms with Crippen molar-refractivity contribution >= 4 is 23.2 Å². The van der Waals surface area contributed by atoms with Crippen molar-refractivity contribution in [1.29, 1.82) is 5.26 Å². The van der Waals surface area contributed by atoms with Crippen LogP contribution in [-0.4, -0.2) is 21.5 Å². The van der Waals surface area contributed by atoms with Crippen molar-refractivity contribution in [3.05, 3.63) is 41.6 Å². The van der Waals surface area contributed by atoms with Crippen LogP contribution in [0.25, 0.3) is 0 Å². The van der Waals surface area contributed by atoms with Gasteiger partial charge in [-0.05, 0) is 24.1 Å². The van der Waals surface area contributed by atoms with Crippen LogP contribution < -0.4 is 11.1 Å². The van der Waals surface area contributed by atoms with E-state index in [0.717, 1.165) is 0 Å². The van der Waals surface area contributed by atoms with Gasteiger partial charge in [0.25, 0.3) is 5.91 Å². The highest BCUT2D eigenvalue weighted by Gasteiger charge is 2.32. The lowest BCUT2D eigenvalue weighted by Gasteiger charge is -2.26. The van der Waals surface area contributed by atoms with Gasteiger partial charge in [0.05, 0.1) is 18.0 Å². The second kappa shape index (κ2) is 7.35. The van der Waals surface area contributed by atoms with Crippen LogP contribution in [0.15, 0.2) is 30.5 Å². The highest BCUT2D eigenvalue weighted by atomic mass is 19.1. The summed E-state index contributed by atoms with van der Waals surface area (Å²) in [5.74, 6) is -0.825. The number of anilines is 2. The normalized spacial score (nSPS) is 19.8. The first kappa shape index (κ1) is 17.6. The Labute approximate surface area is 149 Å². The van der Waals surface area contributed by atoms with Crippen LogP contribution in [0, 0.1) is 17.2 Å². The van der Waals surface area contributed by atoms with Crippen molar-refractivity contribution in [2.45, 2.75) is 32.0 Å². The van der Waals surface area contributed by atoms with Crippen LogP contribution >= 0.6 is 0 Å². The van der Waals surface area contributed by atoms with Gasteiger partial charge in [0.2, 0.25) is 0 Å². The van der Waals surface area contributed by atoms with Gasteiger partial charge in [0.1, 0.15) is 18.0 Å². The van der Waals surface area contributed by atoms with Crippen molar-refractivity contribution in [2.75, 3.05) is 5.32 Å². The molecule has 7 nitrogen and oxygen atoms in total. The predicted octanol–water partition coefficient (Wildman–Crippen LogP) is 2.63. The Bertz CT molecular complexity index is 869. The number of rotatable bonds is 5. The highest BCUT2D eigenvalue weighted by molar-refractivity contribution is 5.98. The number of hydrogen-bond donors (Lipinski definition) is 2. The predicted molar refractivity (Wildman–Crippen MR) is 92.3 cm³/mol. The Morgan fingerprint density at radius 1 is 1.42 bits per heavy atom. The maximum absolute atomic E-state index is 12.6. The standard InChI is InChI=1S/C18H18FN5O2/c19-8-11-1-3-13(4-2-11)22-18-15(17(21)26)10-24(23-18)16-6-5-14(25)7-12(16)9-20/h1-4,10,12,16H,5-8H2,(H2,21,26)(H,22,23)/t12-,16+/m1/s1. The molecule has 1 aliphatic carbocycles. The Balaban J connectivity index is 1.89. The zero-order chi connectivity index (χ0) is 18.7. The molecule has 0 aliphatic heterocycles. The highest BCUT2D eigenvalue weighted by Crippen LogP contribution is 2.33. The van der Waals surface area contributed by atoms with Crippen LogP contribution in [0.3, 0.4) is 0 Å². The minimum absolute atomic E-state index is 0.0568. The van der Waals surface area contributed by atoms with E-state index in [-0.39, 0.29) is 29.6 Å². The zero-order valence-electron chi connectivity index (χ0n) is 14.0. The maximum atomic E-state index is 12.6. The number of carbonyl (C=O) groups excluding carboxylic acids is 2. The fourth-order valence-corrected chi connectivity index (χ4v) is 3.09. The Morgan fingerprint density at radius 2 is 2.15 bits per heavy atom. The molecule has 0 spiro atoms. The van der Waals surface area contributed by atoms with Crippen molar-refractivity contribution in [1.82, 2.24) is 9.78 Å². The van der Waals surface area contributed by atoms with Gasteiger partial charge in [0.15, 0.2) is 5.82 Å². The fraction of sp³-hybridized carbons (Fsp3) is 0.333. The van der Waals surface area contributed by atoms with E-state index in [0.29, 0.717) is 24.1 Å². The van der Waals surface area contributed by atoms with Crippen molar-refractivity contribution in [3.8, 4) is 6.07 Å². The lowest BCUT2D eigenvalue weighted by atomic mass is 9.85. The van der Waals surface area contributed by atoms with E-state index in [4.69, 9.17) is 5.73 Å². The van der Waals surface area contributed by atoms with E-state index >= 15 is 0 Å². The molecule has 3 rings (SSSR count). The van der Waals surface area contributed by atoms with Crippen LogP contribution in [0.1, 0.15) is 41.2 Å². The second-order valence-electron chi connectivity index (χ2n) is 6.28. The van der Waals surface area contributed by atoms with E-state index < -0.39 is 18.5 Å². The minimum Gasteiger partial charge on any atom is -0.365 e. The summed E-state index contributed by atoms with van der Waals surface area (Å²) in [4.78, 5) is 23.4. The number of carbonyl (C=O) groups is 2. The first-order chi connectivity index (χ1) is 12.5. The van der Waals surface area contributed by atoms with Crippen LogP contribution in [0.2, 0.25) is 0 Å². The number of nitriles is 1. The lowest BCUT2D eigenvalue weighted by molar-refractivity contribution is -0.121. The number of primary amides is 1. The van der Waals surface area contributed by atoms with E-state index in [1.165, 1.54) is 6.20 Å². The molecule has 8 heteroatoms. The SMILES string of the molecule is N#C[C@H]1CC(=O)CC[C@@H]1n1cc(C(N)=O)c(Nc2ccc(CF)cc2)n1. The number of halogens is 1. The van der Waals surface area contributed by atoms with Gasteiger partial charge in [-0.3, -0.25) is 14.3 Å². The molecule has 134 valence electrons. The molecule has 0 radical (unpaired) electrons. The van der Waals surface area contributed by atoms with Crippen molar-refractivity contribution in [3.63, 3.8) is 0 Å². The van der Waals surface area contributed by atoms with Gasteiger partial charge in [-0.15, -0.1) is 0 Å². The summed E-state index contributed by atoms with van der Waals surface area (Å²) in [5.41, 5.74) is 6.80. The van der Waals surface area contributed by atoms with Gasteiger partial charge in [-0.25, -0.2) is 4.39 Å². The van der Waals surface area contributed by atoms with E-state index in [2.05, 4.69) is 16.5 Å². The molecule has 0 saturated heterocycles. The number of Topliss-reactive ketones (excluding diaryl/α,β-unsaturated/α-hetero) is 1. The molecule has 1 aliphatic rings. The number of nitrogens with two attached hydrogens (primary N) is 1. The Morgan fingerprint density at radius 3 is 2.77 bits per heavy atom. The number of hydrogen-bond acceptors (Lipinski definition) is 5. The van der Waals surface area contributed by atoms with Gasteiger partial charge < -0.3 is 11.1 Å². The summed E-state index contributed by atoms with van der Waals surface area (Å²) >= 11 is 0. The summed E-state index contributed by atoms with van der Waals surface area (Å²) in [6.45, 7) is -0.558. The Kier molecular flexibility index (Phi) is 4.98. The quantitative estimate of drug-likeness (QED) is 0.856. The molecule has 26 heavy (non-hydrogen) atoms. The molecule has 1 saturated carbocycles. The molecule has 1 amide bonds. The van der Waals surface area contributed by atoms with Gasteiger partial charge >= 0.3 is 0 Å². The lowest BCUT2D eigenvalue weighted by Crippen LogP contribution is -2.27. The van der Waals surface area contributed by atoms with Crippen LogP contribution in [-0.2, 0) is 11.5 Å². The average Bonchev–Trinajstić information content (AvgIpc) is 3.06.